The Balaban J connectivity index is 1.55. The van der Waals surface area contributed by atoms with Crippen LogP contribution in [0.15, 0.2) is 53.2 Å². The van der Waals surface area contributed by atoms with Crippen LogP contribution < -0.4 is 4.90 Å². The molecule has 1 aliphatic heterocycles. The number of amides is 1. The van der Waals surface area contributed by atoms with Crippen molar-refractivity contribution in [3.8, 4) is 0 Å². The van der Waals surface area contributed by atoms with Gasteiger partial charge in [-0.25, -0.2) is 0 Å². The van der Waals surface area contributed by atoms with Crippen molar-refractivity contribution in [1.82, 2.24) is 4.90 Å². The normalized spacial score (nSPS) is 15.5. The molecule has 3 rings (SSSR count). The summed E-state index contributed by atoms with van der Waals surface area (Å²) in [4.78, 5) is 16.3. The highest BCUT2D eigenvalue weighted by molar-refractivity contribution is 6.30. The SMILES string of the molecule is O=C(C=Cc1ccco1)N1CCN(c2ccc(Cl)cc2)CC1. The van der Waals surface area contributed by atoms with Gasteiger partial charge in [0, 0.05) is 43.0 Å². The minimum atomic E-state index is 0.0205. The molecule has 1 amide bonds. The smallest absolute Gasteiger partial charge is 0.246 e. The lowest BCUT2D eigenvalue weighted by Crippen LogP contribution is -2.48. The van der Waals surface area contributed by atoms with E-state index in [2.05, 4.69) is 4.90 Å². The molecule has 5 heteroatoms. The molecular formula is C17H17ClN2O2. The van der Waals surface area contributed by atoms with Gasteiger partial charge in [-0.3, -0.25) is 4.79 Å². The lowest BCUT2D eigenvalue weighted by molar-refractivity contribution is -0.126. The maximum Gasteiger partial charge on any atom is 0.246 e. The molecule has 0 bridgehead atoms. The van der Waals surface area contributed by atoms with E-state index in [1.54, 1.807) is 24.5 Å². The van der Waals surface area contributed by atoms with E-state index in [1.807, 2.05) is 35.2 Å². The fraction of sp³-hybridized carbons (Fsp3) is 0.235. The van der Waals surface area contributed by atoms with Gasteiger partial charge in [0.1, 0.15) is 5.76 Å². The van der Waals surface area contributed by atoms with Gasteiger partial charge in [0.2, 0.25) is 5.91 Å². The van der Waals surface area contributed by atoms with Crippen molar-refractivity contribution < 1.29 is 9.21 Å². The van der Waals surface area contributed by atoms with Crippen molar-refractivity contribution in [3.63, 3.8) is 0 Å². The summed E-state index contributed by atoms with van der Waals surface area (Å²) in [6.45, 7) is 3.07. The average molecular weight is 317 g/mol. The quantitative estimate of drug-likeness (QED) is 0.815. The first-order chi connectivity index (χ1) is 10.7. The van der Waals surface area contributed by atoms with Gasteiger partial charge in [-0.05, 0) is 42.5 Å². The van der Waals surface area contributed by atoms with Crippen LogP contribution in [0.25, 0.3) is 6.08 Å². The largest absolute Gasteiger partial charge is 0.465 e. The fourth-order valence-electron chi connectivity index (χ4n) is 2.48. The number of rotatable bonds is 3. The minimum Gasteiger partial charge on any atom is -0.465 e. The summed E-state index contributed by atoms with van der Waals surface area (Å²) < 4.78 is 5.18. The number of anilines is 1. The van der Waals surface area contributed by atoms with Crippen LogP contribution in [-0.2, 0) is 4.79 Å². The summed E-state index contributed by atoms with van der Waals surface area (Å²) in [7, 11) is 0. The van der Waals surface area contributed by atoms with Crippen molar-refractivity contribution in [2.24, 2.45) is 0 Å². The lowest BCUT2D eigenvalue weighted by atomic mass is 10.2. The maximum atomic E-state index is 12.1. The molecule has 1 fully saturated rings. The van der Waals surface area contributed by atoms with Crippen molar-refractivity contribution in [2.45, 2.75) is 0 Å². The third-order valence-electron chi connectivity index (χ3n) is 3.72. The van der Waals surface area contributed by atoms with E-state index in [-0.39, 0.29) is 5.91 Å². The Morgan fingerprint density at radius 1 is 1.09 bits per heavy atom. The van der Waals surface area contributed by atoms with Crippen LogP contribution in [0.3, 0.4) is 0 Å². The molecule has 1 saturated heterocycles. The van der Waals surface area contributed by atoms with Crippen LogP contribution in [0.5, 0.6) is 0 Å². The summed E-state index contributed by atoms with van der Waals surface area (Å²) in [5.74, 6) is 0.709. The molecule has 1 aromatic heterocycles. The molecule has 0 unspecified atom stereocenters. The highest BCUT2D eigenvalue weighted by atomic mass is 35.5. The van der Waals surface area contributed by atoms with Crippen molar-refractivity contribution in [1.29, 1.82) is 0 Å². The van der Waals surface area contributed by atoms with Gasteiger partial charge in [0.05, 0.1) is 6.26 Å². The third kappa shape index (κ3) is 3.52. The van der Waals surface area contributed by atoms with Crippen LogP contribution in [-0.4, -0.2) is 37.0 Å². The van der Waals surface area contributed by atoms with E-state index >= 15 is 0 Å². The summed E-state index contributed by atoms with van der Waals surface area (Å²) >= 11 is 5.91. The maximum absolute atomic E-state index is 12.1. The second-order valence-corrected chi connectivity index (χ2v) is 5.57. The Labute approximate surface area is 134 Å². The molecule has 1 aliphatic rings. The number of halogens is 1. The highest BCUT2D eigenvalue weighted by Crippen LogP contribution is 2.19. The summed E-state index contributed by atoms with van der Waals surface area (Å²) in [5, 5.41) is 0.737. The van der Waals surface area contributed by atoms with Gasteiger partial charge < -0.3 is 14.2 Å². The van der Waals surface area contributed by atoms with Gasteiger partial charge >= 0.3 is 0 Å². The van der Waals surface area contributed by atoms with E-state index in [9.17, 15) is 4.79 Å². The van der Waals surface area contributed by atoms with Gasteiger partial charge in [-0.1, -0.05) is 11.6 Å². The Hall–Kier alpha value is -2.20. The van der Waals surface area contributed by atoms with Crippen LogP contribution in [0.4, 0.5) is 5.69 Å². The second kappa shape index (κ2) is 6.71. The number of hydrogen-bond acceptors (Lipinski definition) is 3. The first-order valence-corrected chi connectivity index (χ1v) is 7.61. The van der Waals surface area contributed by atoms with Crippen molar-refractivity contribution in [2.75, 3.05) is 31.1 Å². The number of nitrogens with zero attached hydrogens (tertiary/aromatic N) is 2. The molecule has 0 aliphatic carbocycles. The van der Waals surface area contributed by atoms with E-state index in [1.165, 1.54) is 0 Å². The monoisotopic (exact) mass is 316 g/mol. The zero-order valence-electron chi connectivity index (χ0n) is 12.1. The van der Waals surface area contributed by atoms with Crippen LogP contribution in [0.1, 0.15) is 5.76 Å². The topological polar surface area (TPSA) is 36.7 Å². The first-order valence-electron chi connectivity index (χ1n) is 7.23. The molecule has 2 heterocycles. The molecular weight excluding hydrogens is 300 g/mol. The van der Waals surface area contributed by atoms with E-state index < -0.39 is 0 Å². The predicted molar refractivity (Wildman–Crippen MR) is 88.0 cm³/mol. The molecule has 0 N–H and O–H groups in total. The first kappa shape index (κ1) is 14.7. The van der Waals surface area contributed by atoms with Crippen LogP contribution in [0, 0.1) is 0 Å². The zero-order valence-corrected chi connectivity index (χ0v) is 12.9. The number of carbonyl (C=O) groups excluding carboxylic acids is 1. The van der Waals surface area contributed by atoms with E-state index in [0.717, 1.165) is 23.8 Å². The predicted octanol–water partition coefficient (Wildman–Crippen LogP) is 3.30. The number of benzene rings is 1. The number of furan rings is 1. The fourth-order valence-corrected chi connectivity index (χ4v) is 2.61. The van der Waals surface area contributed by atoms with Crippen molar-refractivity contribution >= 4 is 29.3 Å². The zero-order chi connectivity index (χ0) is 15.4. The van der Waals surface area contributed by atoms with E-state index in [0.29, 0.717) is 18.8 Å². The number of carbonyl (C=O) groups is 1. The van der Waals surface area contributed by atoms with Crippen LogP contribution in [0.2, 0.25) is 5.02 Å². The summed E-state index contributed by atoms with van der Waals surface area (Å²) in [6.07, 6.45) is 4.86. The molecule has 2 aromatic rings. The lowest BCUT2D eigenvalue weighted by Gasteiger charge is -2.35. The van der Waals surface area contributed by atoms with E-state index in [4.69, 9.17) is 16.0 Å². The average Bonchev–Trinajstić information content (AvgIpc) is 3.07. The highest BCUT2D eigenvalue weighted by Gasteiger charge is 2.19. The summed E-state index contributed by atoms with van der Waals surface area (Å²) in [5.41, 5.74) is 1.14. The molecule has 1 aromatic carbocycles. The Morgan fingerprint density at radius 3 is 2.45 bits per heavy atom. The number of hydrogen-bond donors (Lipinski definition) is 0. The molecule has 22 heavy (non-hydrogen) atoms. The van der Waals surface area contributed by atoms with Crippen LogP contribution >= 0.6 is 11.6 Å². The second-order valence-electron chi connectivity index (χ2n) is 5.14. The molecule has 0 radical (unpaired) electrons. The Bertz CT molecular complexity index is 642. The third-order valence-corrected chi connectivity index (χ3v) is 3.97. The van der Waals surface area contributed by atoms with Crippen molar-refractivity contribution in [3.05, 3.63) is 59.5 Å². The number of piperazine rings is 1. The summed E-state index contributed by atoms with van der Waals surface area (Å²) in [6, 6.07) is 11.4. The van der Waals surface area contributed by atoms with Gasteiger partial charge in [-0.2, -0.15) is 0 Å². The van der Waals surface area contributed by atoms with Gasteiger partial charge in [0.25, 0.3) is 0 Å². The minimum absolute atomic E-state index is 0.0205. The van der Waals surface area contributed by atoms with Gasteiger partial charge in [-0.15, -0.1) is 0 Å². The molecule has 0 spiro atoms. The van der Waals surface area contributed by atoms with Gasteiger partial charge in [0.15, 0.2) is 0 Å². The molecule has 4 nitrogen and oxygen atoms in total. The molecule has 0 saturated carbocycles. The Morgan fingerprint density at radius 2 is 1.82 bits per heavy atom. The standard InChI is InChI=1S/C17H17ClN2O2/c18-14-3-5-15(6-4-14)19-9-11-20(12-10-19)17(21)8-7-16-2-1-13-22-16/h1-8,13H,9-12H2. The molecule has 114 valence electrons. The molecule has 0 atom stereocenters. The Kier molecular flexibility index (Phi) is 4.49.